The molecule has 1 aromatic carbocycles. The molecule has 1 heterocycles. The summed E-state index contributed by atoms with van der Waals surface area (Å²) in [5.74, 6) is -0.0134. The molecule has 0 aliphatic heterocycles. The second-order valence-corrected chi connectivity index (χ2v) is 6.31. The molecule has 0 bridgehead atoms. The van der Waals surface area contributed by atoms with E-state index in [4.69, 9.17) is 17.3 Å². The Labute approximate surface area is 116 Å². The van der Waals surface area contributed by atoms with Crippen molar-refractivity contribution in [1.29, 1.82) is 0 Å². The molecule has 0 amide bonds. The molecule has 0 radical (unpaired) electrons. The van der Waals surface area contributed by atoms with Crippen molar-refractivity contribution in [3.05, 3.63) is 35.5 Å². The minimum absolute atomic E-state index is 0.0134. The molecule has 19 heavy (non-hydrogen) atoms. The topological polar surface area (TPSA) is 85.1 Å². The maximum Gasteiger partial charge on any atom is 0.232 e. The molecule has 5 nitrogen and oxygen atoms in total. The van der Waals surface area contributed by atoms with Crippen molar-refractivity contribution in [2.24, 2.45) is 5.73 Å². The molecule has 0 spiro atoms. The van der Waals surface area contributed by atoms with Crippen LogP contribution in [-0.4, -0.2) is 25.7 Å². The van der Waals surface area contributed by atoms with E-state index in [0.717, 1.165) is 0 Å². The van der Waals surface area contributed by atoms with Crippen LogP contribution < -0.4 is 10.5 Å². The molecule has 0 unspecified atom stereocenters. The Bertz CT molecular complexity index is 688. The number of rotatable bonds is 5. The zero-order valence-electron chi connectivity index (χ0n) is 10.1. The van der Waals surface area contributed by atoms with Gasteiger partial charge in [-0.05, 0) is 37.2 Å². The summed E-state index contributed by atoms with van der Waals surface area (Å²) in [6.07, 6.45) is 2.00. The van der Waals surface area contributed by atoms with E-state index in [2.05, 4.69) is 9.71 Å². The second kappa shape index (κ2) is 5.73. The molecule has 3 N–H and O–H groups in total. The quantitative estimate of drug-likeness (QED) is 0.884. The van der Waals surface area contributed by atoms with Gasteiger partial charge in [0, 0.05) is 11.6 Å². The Morgan fingerprint density at radius 3 is 2.84 bits per heavy atom. The van der Waals surface area contributed by atoms with E-state index in [1.807, 2.05) is 0 Å². The molecular formula is C12H14ClN3O2S. The summed E-state index contributed by atoms with van der Waals surface area (Å²) in [5, 5.41) is 1.25. The number of fused-ring (bicyclic) bond motifs is 1. The highest BCUT2D eigenvalue weighted by atomic mass is 35.5. The van der Waals surface area contributed by atoms with Crippen molar-refractivity contribution in [2.75, 3.05) is 17.0 Å². The predicted molar refractivity (Wildman–Crippen MR) is 77.8 cm³/mol. The third kappa shape index (κ3) is 3.34. The summed E-state index contributed by atoms with van der Waals surface area (Å²) in [6.45, 7) is 0.334. The largest absolute Gasteiger partial charge is 0.330 e. The zero-order chi connectivity index (χ0) is 13.9. The summed E-state index contributed by atoms with van der Waals surface area (Å²) < 4.78 is 26.2. The summed E-state index contributed by atoms with van der Waals surface area (Å²) in [6, 6.07) is 6.80. The van der Waals surface area contributed by atoms with E-state index in [0.29, 0.717) is 34.6 Å². The first kappa shape index (κ1) is 14.0. The SMILES string of the molecule is NCCCS(=O)(=O)Nc1ccc(Cl)c2cccnc12. The normalized spacial score (nSPS) is 11.7. The van der Waals surface area contributed by atoms with Crippen LogP contribution in [0.15, 0.2) is 30.5 Å². The molecular weight excluding hydrogens is 286 g/mol. The second-order valence-electron chi connectivity index (χ2n) is 4.06. The summed E-state index contributed by atoms with van der Waals surface area (Å²) >= 11 is 6.05. The highest BCUT2D eigenvalue weighted by Crippen LogP contribution is 2.28. The number of anilines is 1. The van der Waals surface area contributed by atoms with Gasteiger partial charge in [0.25, 0.3) is 0 Å². The van der Waals surface area contributed by atoms with Gasteiger partial charge in [-0.3, -0.25) is 9.71 Å². The maximum atomic E-state index is 11.9. The van der Waals surface area contributed by atoms with E-state index in [1.165, 1.54) is 0 Å². The van der Waals surface area contributed by atoms with Gasteiger partial charge in [0.2, 0.25) is 10.0 Å². The van der Waals surface area contributed by atoms with Crippen LogP contribution in [-0.2, 0) is 10.0 Å². The number of hydrogen-bond acceptors (Lipinski definition) is 4. The first-order chi connectivity index (χ1) is 9.03. The molecule has 0 aliphatic rings. The van der Waals surface area contributed by atoms with E-state index in [9.17, 15) is 8.42 Å². The van der Waals surface area contributed by atoms with Gasteiger partial charge in [-0.25, -0.2) is 8.42 Å². The van der Waals surface area contributed by atoms with Gasteiger partial charge in [-0.1, -0.05) is 11.6 Å². The fourth-order valence-electron chi connectivity index (χ4n) is 1.71. The van der Waals surface area contributed by atoms with Crippen molar-refractivity contribution in [3.63, 3.8) is 0 Å². The monoisotopic (exact) mass is 299 g/mol. The molecule has 2 rings (SSSR count). The summed E-state index contributed by atoms with van der Waals surface area (Å²) in [5.41, 5.74) is 6.28. The number of halogens is 1. The minimum atomic E-state index is -3.41. The number of benzene rings is 1. The van der Waals surface area contributed by atoms with Crippen molar-refractivity contribution >= 4 is 38.2 Å². The molecule has 0 saturated carbocycles. The van der Waals surface area contributed by atoms with Crippen LogP contribution >= 0.6 is 11.6 Å². The lowest BCUT2D eigenvalue weighted by Crippen LogP contribution is -2.19. The highest BCUT2D eigenvalue weighted by Gasteiger charge is 2.13. The third-order valence-electron chi connectivity index (χ3n) is 2.60. The minimum Gasteiger partial charge on any atom is -0.330 e. The lowest BCUT2D eigenvalue weighted by molar-refractivity contribution is 0.599. The fourth-order valence-corrected chi connectivity index (χ4v) is 3.08. The van der Waals surface area contributed by atoms with E-state index in [1.54, 1.807) is 30.5 Å². The molecule has 0 fully saturated rings. The zero-order valence-corrected chi connectivity index (χ0v) is 11.7. The Morgan fingerprint density at radius 2 is 2.11 bits per heavy atom. The molecule has 102 valence electrons. The number of sulfonamides is 1. The Morgan fingerprint density at radius 1 is 1.32 bits per heavy atom. The summed E-state index contributed by atoms with van der Waals surface area (Å²) in [7, 11) is -3.41. The van der Waals surface area contributed by atoms with Crippen LogP contribution in [0.1, 0.15) is 6.42 Å². The van der Waals surface area contributed by atoms with Crippen molar-refractivity contribution in [1.82, 2.24) is 4.98 Å². The van der Waals surface area contributed by atoms with Gasteiger partial charge < -0.3 is 5.73 Å². The van der Waals surface area contributed by atoms with Crippen molar-refractivity contribution < 1.29 is 8.42 Å². The molecule has 0 aliphatic carbocycles. The maximum absolute atomic E-state index is 11.9. The standard InChI is InChI=1S/C12H14ClN3O2S/c13-10-4-5-11(12-9(10)3-1-7-15-12)16-19(17,18)8-2-6-14/h1,3-5,7,16H,2,6,8,14H2. The van der Waals surface area contributed by atoms with Crippen LogP contribution in [0.3, 0.4) is 0 Å². The molecule has 0 atom stereocenters. The first-order valence-electron chi connectivity index (χ1n) is 5.77. The van der Waals surface area contributed by atoms with E-state index >= 15 is 0 Å². The van der Waals surface area contributed by atoms with Crippen LogP contribution in [0, 0.1) is 0 Å². The Hall–Kier alpha value is -1.37. The number of nitrogens with zero attached hydrogens (tertiary/aromatic N) is 1. The lowest BCUT2D eigenvalue weighted by Gasteiger charge is -2.10. The lowest BCUT2D eigenvalue weighted by atomic mass is 10.2. The Balaban J connectivity index is 2.39. The Kier molecular flexibility index (Phi) is 4.24. The number of aromatic nitrogens is 1. The van der Waals surface area contributed by atoms with Crippen LogP contribution in [0.4, 0.5) is 5.69 Å². The van der Waals surface area contributed by atoms with Crippen molar-refractivity contribution in [2.45, 2.75) is 6.42 Å². The van der Waals surface area contributed by atoms with Gasteiger partial charge in [0.15, 0.2) is 0 Å². The average molecular weight is 300 g/mol. The molecule has 2 aromatic rings. The van der Waals surface area contributed by atoms with Crippen LogP contribution in [0.25, 0.3) is 10.9 Å². The number of hydrogen-bond donors (Lipinski definition) is 2. The smallest absolute Gasteiger partial charge is 0.232 e. The third-order valence-corrected chi connectivity index (χ3v) is 4.29. The number of nitrogens with one attached hydrogen (secondary N) is 1. The van der Waals surface area contributed by atoms with Crippen molar-refractivity contribution in [3.8, 4) is 0 Å². The van der Waals surface area contributed by atoms with Gasteiger partial charge >= 0.3 is 0 Å². The summed E-state index contributed by atoms with van der Waals surface area (Å²) in [4.78, 5) is 4.17. The van der Waals surface area contributed by atoms with Crippen LogP contribution in [0.5, 0.6) is 0 Å². The van der Waals surface area contributed by atoms with Gasteiger partial charge in [0.1, 0.15) is 0 Å². The van der Waals surface area contributed by atoms with E-state index in [-0.39, 0.29) is 5.75 Å². The predicted octanol–water partition coefficient (Wildman–Crippen LogP) is 1.98. The molecule has 1 aromatic heterocycles. The first-order valence-corrected chi connectivity index (χ1v) is 7.80. The highest BCUT2D eigenvalue weighted by molar-refractivity contribution is 7.92. The molecule has 7 heteroatoms. The number of nitrogens with two attached hydrogens (primary N) is 1. The number of pyridine rings is 1. The van der Waals surface area contributed by atoms with Gasteiger partial charge in [-0.15, -0.1) is 0 Å². The average Bonchev–Trinajstić information content (AvgIpc) is 2.40. The van der Waals surface area contributed by atoms with Crippen LogP contribution in [0.2, 0.25) is 5.02 Å². The van der Waals surface area contributed by atoms with Gasteiger partial charge in [0.05, 0.1) is 22.0 Å². The van der Waals surface area contributed by atoms with Gasteiger partial charge in [-0.2, -0.15) is 0 Å². The molecule has 0 saturated heterocycles. The van der Waals surface area contributed by atoms with E-state index < -0.39 is 10.0 Å². The fraction of sp³-hybridized carbons (Fsp3) is 0.250.